The van der Waals surface area contributed by atoms with Crippen LogP contribution in [0.2, 0.25) is 0 Å². The molecule has 0 spiro atoms. The van der Waals surface area contributed by atoms with E-state index in [2.05, 4.69) is 15.9 Å². The molecule has 2 aromatic carbocycles. The summed E-state index contributed by atoms with van der Waals surface area (Å²) in [6.07, 6.45) is 0. The predicted molar refractivity (Wildman–Crippen MR) is 83.6 cm³/mol. The van der Waals surface area contributed by atoms with Gasteiger partial charge in [0.1, 0.15) is 5.75 Å². The van der Waals surface area contributed by atoms with Gasteiger partial charge in [-0.25, -0.2) is 8.42 Å². The number of hydrogen-bond donors (Lipinski definition) is 0. The second kappa shape index (κ2) is 6.37. The highest BCUT2D eigenvalue weighted by atomic mass is 79.9. The molecule has 0 saturated heterocycles. The van der Waals surface area contributed by atoms with Gasteiger partial charge in [-0.05, 0) is 36.4 Å². The van der Waals surface area contributed by atoms with E-state index < -0.39 is 26.3 Å². The lowest BCUT2D eigenvalue weighted by Crippen LogP contribution is -2.16. The van der Waals surface area contributed by atoms with E-state index in [1.54, 1.807) is 12.1 Å². The van der Waals surface area contributed by atoms with E-state index in [1.807, 2.05) is 0 Å². The van der Waals surface area contributed by atoms with E-state index >= 15 is 0 Å². The Morgan fingerprint density at radius 3 is 2.09 bits per heavy atom. The van der Waals surface area contributed by atoms with Gasteiger partial charge in [0.2, 0.25) is 0 Å². The lowest BCUT2D eigenvalue weighted by molar-refractivity contribution is -0.384. The van der Waals surface area contributed by atoms with Crippen molar-refractivity contribution < 1.29 is 18.1 Å². The van der Waals surface area contributed by atoms with Crippen molar-refractivity contribution in [1.82, 2.24) is 0 Å². The van der Waals surface area contributed by atoms with Gasteiger partial charge in [0.25, 0.3) is 5.69 Å². The highest BCUT2D eigenvalue weighted by Gasteiger charge is 2.20. The van der Waals surface area contributed by atoms with E-state index in [4.69, 9.17) is 0 Å². The minimum Gasteiger partial charge on any atom is -0.293 e. The summed E-state index contributed by atoms with van der Waals surface area (Å²) < 4.78 is 25.0. The zero-order valence-corrected chi connectivity index (χ0v) is 13.5. The Labute approximate surface area is 135 Å². The summed E-state index contributed by atoms with van der Waals surface area (Å²) in [5, 5.41) is 10.5. The second-order valence-electron chi connectivity index (χ2n) is 4.44. The normalized spacial score (nSPS) is 11.1. The molecule has 0 aliphatic heterocycles. The Hall–Kier alpha value is -2.06. The van der Waals surface area contributed by atoms with Gasteiger partial charge < -0.3 is 0 Å². The summed E-state index contributed by atoms with van der Waals surface area (Å²) in [7, 11) is -3.76. The van der Waals surface area contributed by atoms with Crippen molar-refractivity contribution in [2.75, 3.05) is 5.75 Å². The first-order valence-electron chi connectivity index (χ1n) is 6.05. The maximum Gasteiger partial charge on any atom is 0.269 e. The van der Waals surface area contributed by atoms with Gasteiger partial charge in [0.05, 0.1) is 9.82 Å². The predicted octanol–water partition coefficient (Wildman–Crippen LogP) is 3.01. The maximum absolute atomic E-state index is 12.2. The topological polar surface area (TPSA) is 94.3 Å². The summed E-state index contributed by atoms with van der Waals surface area (Å²) >= 11 is 3.20. The standard InChI is InChI=1S/C14H10BrNO5S/c15-11-3-7-13(8-4-11)22(20,21)9-14(17)10-1-5-12(6-2-10)16(18)19/h1-8H,9H2. The molecule has 8 heteroatoms. The summed E-state index contributed by atoms with van der Waals surface area (Å²) in [6, 6.07) is 10.8. The van der Waals surface area contributed by atoms with Crippen LogP contribution in [0.5, 0.6) is 0 Å². The molecule has 0 saturated carbocycles. The van der Waals surface area contributed by atoms with Gasteiger partial charge in [-0.15, -0.1) is 0 Å². The molecular formula is C14H10BrNO5S. The highest BCUT2D eigenvalue weighted by molar-refractivity contribution is 9.10. The quantitative estimate of drug-likeness (QED) is 0.449. The minimum atomic E-state index is -3.76. The molecule has 0 heterocycles. The van der Waals surface area contributed by atoms with E-state index in [0.717, 1.165) is 4.47 Å². The number of rotatable bonds is 5. The third kappa shape index (κ3) is 3.77. The third-order valence-corrected chi connectivity index (χ3v) is 5.06. The van der Waals surface area contributed by atoms with E-state index in [-0.39, 0.29) is 16.1 Å². The van der Waals surface area contributed by atoms with Crippen molar-refractivity contribution in [3.63, 3.8) is 0 Å². The molecule has 2 rings (SSSR count). The number of ketones is 1. The number of nitro benzene ring substituents is 1. The summed E-state index contributed by atoms with van der Waals surface area (Å²) in [6.45, 7) is 0. The summed E-state index contributed by atoms with van der Waals surface area (Å²) in [4.78, 5) is 22.0. The van der Waals surface area contributed by atoms with Crippen molar-refractivity contribution in [3.8, 4) is 0 Å². The molecule has 0 unspecified atom stereocenters. The van der Waals surface area contributed by atoms with Crippen LogP contribution in [0.25, 0.3) is 0 Å². The van der Waals surface area contributed by atoms with Crippen LogP contribution in [0.1, 0.15) is 10.4 Å². The lowest BCUT2D eigenvalue weighted by atomic mass is 10.1. The molecule has 6 nitrogen and oxygen atoms in total. The number of nitro groups is 1. The Bertz CT molecular complexity index is 813. The largest absolute Gasteiger partial charge is 0.293 e. The number of non-ortho nitro benzene ring substituents is 1. The second-order valence-corrected chi connectivity index (χ2v) is 7.35. The van der Waals surface area contributed by atoms with Crippen LogP contribution >= 0.6 is 15.9 Å². The average molecular weight is 384 g/mol. The van der Waals surface area contributed by atoms with Crippen molar-refractivity contribution in [2.24, 2.45) is 0 Å². The first-order chi connectivity index (χ1) is 10.3. The molecule has 0 N–H and O–H groups in total. The maximum atomic E-state index is 12.2. The van der Waals surface area contributed by atoms with Crippen molar-refractivity contribution >= 4 is 37.2 Å². The number of Topliss-reactive ketones (excluding diaryl/α,β-unsaturated/α-hetero) is 1. The molecule has 0 bridgehead atoms. The van der Waals surface area contributed by atoms with E-state index in [1.165, 1.54) is 36.4 Å². The third-order valence-electron chi connectivity index (χ3n) is 2.89. The van der Waals surface area contributed by atoms with Crippen LogP contribution in [0.15, 0.2) is 57.9 Å². The molecule has 22 heavy (non-hydrogen) atoms. The van der Waals surface area contributed by atoms with Crippen LogP contribution < -0.4 is 0 Å². The Kier molecular flexibility index (Phi) is 4.72. The molecule has 0 atom stereocenters. The molecular weight excluding hydrogens is 374 g/mol. The zero-order chi connectivity index (χ0) is 16.3. The number of sulfone groups is 1. The first-order valence-corrected chi connectivity index (χ1v) is 8.50. The smallest absolute Gasteiger partial charge is 0.269 e. The van der Waals surface area contributed by atoms with Crippen LogP contribution in [0.4, 0.5) is 5.69 Å². The van der Waals surface area contributed by atoms with Gasteiger partial charge in [-0.3, -0.25) is 14.9 Å². The monoisotopic (exact) mass is 383 g/mol. The fourth-order valence-electron chi connectivity index (χ4n) is 1.75. The lowest BCUT2D eigenvalue weighted by Gasteiger charge is -2.04. The van der Waals surface area contributed by atoms with Crippen LogP contribution in [0, 0.1) is 10.1 Å². The van der Waals surface area contributed by atoms with Gasteiger partial charge in [0.15, 0.2) is 15.6 Å². The summed E-state index contributed by atoms with van der Waals surface area (Å²) in [5.41, 5.74) is -0.0430. The molecule has 0 aliphatic carbocycles. The molecule has 114 valence electrons. The summed E-state index contributed by atoms with van der Waals surface area (Å²) in [5.74, 6) is -1.30. The number of nitrogens with zero attached hydrogens (tertiary/aromatic N) is 1. The number of carbonyl (C=O) groups is 1. The fourth-order valence-corrected chi connectivity index (χ4v) is 3.24. The van der Waals surface area contributed by atoms with Gasteiger partial charge in [0, 0.05) is 22.2 Å². The molecule has 0 radical (unpaired) electrons. The van der Waals surface area contributed by atoms with Crippen molar-refractivity contribution in [1.29, 1.82) is 0 Å². The average Bonchev–Trinajstić information content (AvgIpc) is 2.47. The van der Waals surface area contributed by atoms with Crippen LogP contribution in [-0.2, 0) is 9.84 Å². The number of hydrogen-bond acceptors (Lipinski definition) is 5. The molecule has 0 fully saturated rings. The van der Waals surface area contributed by atoms with E-state index in [0.29, 0.717) is 0 Å². The van der Waals surface area contributed by atoms with E-state index in [9.17, 15) is 23.3 Å². The number of halogens is 1. The Morgan fingerprint density at radius 1 is 1.05 bits per heavy atom. The van der Waals surface area contributed by atoms with Crippen LogP contribution in [-0.4, -0.2) is 24.9 Å². The molecule has 2 aromatic rings. The Balaban J connectivity index is 2.20. The molecule has 0 aliphatic rings. The van der Waals surface area contributed by atoms with Crippen molar-refractivity contribution in [2.45, 2.75) is 4.90 Å². The SMILES string of the molecule is O=C(CS(=O)(=O)c1ccc(Br)cc1)c1ccc([N+](=O)[O-])cc1. The van der Waals surface area contributed by atoms with Gasteiger partial charge in [-0.1, -0.05) is 15.9 Å². The number of benzene rings is 2. The highest BCUT2D eigenvalue weighted by Crippen LogP contribution is 2.18. The Morgan fingerprint density at radius 2 is 1.59 bits per heavy atom. The van der Waals surface area contributed by atoms with Crippen molar-refractivity contribution in [3.05, 3.63) is 68.7 Å². The molecule has 0 amide bonds. The van der Waals surface area contributed by atoms with Crippen LogP contribution in [0.3, 0.4) is 0 Å². The zero-order valence-electron chi connectivity index (χ0n) is 11.1. The molecule has 0 aromatic heterocycles. The first kappa shape index (κ1) is 16.3. The fraction of sp³-hybridized carbons (Fsp3) is 0.0714. The minimum absolute atomic E-state index is 0.0472. The number of carbonyl (C=O) groups excluding carboxylic acids is 1. The van der Waals surface area contributed by atoms with Gasteiger partial charge >= 0.3 is 0 Å². The van der Waals surface area contributed by atoms with Gasteiger partial charge in [-0.2, -0.15) is 0 Å².